The third kappa shape index (κ3) is 3.59. The third-order valence-electron chi connectivity index (χ3n) is 4.70. The Balaban J connectivity index is 1.38. The molecule has 0 unspecified atom stereocenters. The molecular weight excluding hydrogens is 348 g/mol. The molecule has 0 radical (unpaired) electrons. The van der Waals surface area contributed by atoms with Crippen LogP contribution in [0.25, 0.3) is 10.2 Å². The summed E-state index contributed by atoms with van der Waals surface area (Å²) < 4.78 is 1.25. The zero-order valence-electron chi connectivity index (χ0n) is 14.7. The summed E-state index contributed by atoms with van der Waals surface area (Å²) in [6, 6.07) is 8.63. The Morgan fingerprint density at radius 3 is 2.38 bits per heavy atom. The molecule has 0 bridgehead atoms. The van der Waals surface area contributed by atoms with Crippen LogP contribution in [0, 0.1) is 0 Å². The van der Waals surface area contributed by atoms with E-state index >= 15 is 0 Å². The van der Waals surface area contributed by atoms with Gasteiger partial charge in [-0.3, -0.25) is 9.80 Å². The predicted molar refractivity (Wildman–Crippen MR) is 104 cm³/mol. The molecule has 2 aromatic heterocycles. The lowest BCUT2D eigenvalue weighted by Crippen LogP contribution is -2.46. The second kappa shape index (κ2) is 7.10. The van der Waals surface area contributed by atoms with Crippen LogP contribution in [0.3, 0.4) is 0 Å². The van der Waals surface area contributed by atoms with Gasteiger partial charge >= 0.3 is 0 Å². The molecule has 0 aliphatic carbocycles. The number of anilines is 2. The van der Waals surface area contributed by atoms with Gasteiger partial charge in [-0.2, -0.15) is 15.0 Å². The normalized spacial score (nSPS) is 17.6. The number of nitrogens with two attached hydrogens (primary N) is 2. The van der Waals surface area contributed by atoms with Gasteiger partial charge in [-0.15, -0.1) is 11.3 Å². The van der Waals surface area contributed by atoms with E-state index in [4.69, 9.17) is 16.5 Å². The van der Waals surface area contributed by atoms with Crippen molar-refractivity contribution in [3.05, 3.63) is 35.1 Å². The average molecular weight is 370 g/mol. The highest BCUT2D eigenvalue weighted by molar-refractivity contribution is 7.18. The number of aromatic nitrogens is 4. The van der Waals surface area contributed by atoms with Gasteiger partial charge in [0.25, 0.3) is 0 Å². The highest BCUT2D eigenvalue weighted by Crippen LogP contribution is 2.30. The quantitative estimate of drug-likeness (QED) is 0.711. The highest BCUT2D eigenvalue weighted by Gasteiger charge is 2.24. The van der Waals surface area contributed by atoms with E-state index in [9.17, 15) is 0 Å². The lowest BCUT2D eigenvalue weighted by molar-refractivity contribution is 0.0962. The summed E-state index contributed by atoms with van der Waals surface area (Å²) in [5.74, 6) is 0.980. The maximum absolute atomic E-state index is 5.65. The molecule has 1 atom stereocenters. The van der Waals surface area contributed by atoms with Crippen molar-refractivity contribution < 1.29 is 0 Å². The minimum atomic E-state index is 0.176. The largest absolute Gasteiger partial charge is 0.368 e. The number of hydrogen-bond donors (Lipinski definition) is 2. The predicted octanol–water partition coefficient (Wildman–Crippen LogP) is 1.52. The first kappa shape index (κ1) is 17.1. The molecule has 0 spiro atoms. The van der Waals surface area contributed by atoms with Gasteiger partial charge in [0.05, 0.1) is 22.8 Å². The van der Waals surface area contributed by atoms with Gasteiger partial charge in [0, 0.05) is 26.2 Å². The molecule has 4 N–H and O–H groups in total. The van der Waals surface area contributed by atoms with E-state index in [-0.39, 0.29) is 11.9 Å². The summed E-state index contributed by atoms with van der Waals surface area (Å²) in [4.78, 5) is 21.7. The number of benzene rings is 1. The molecule has 1 aliphatic rings. The number of rotatable bonds is 4. The number of hydrogen-bond acceptors (Lipinski definition) is 9. The monoisotopic (exact) mass is 370 g/mol. The van der Waals surface area contributed by atoms with Crippen molar-refractivity contribution in [1.82, 2.24) is 29.7 Å². The molecule has 1 aliphatic heterocycles. The third-order valence-corrected chi connectivity index (χ3v) is 5.91. The van der Waals surface area contributed by atoms with Gasteiger partial charge in [0.1, 0.15) is 10.8 Å². The molecule has 1 fully saturated rings. The van der Waals surface area contributed by atoms with Gasteiger partial charge in [0.15, 0.2) is 0 Å². The fraction of sp³-hybridized carbons (Fsp3) is 0.412. The van der Waals surface area contributed by atoms with Gasteiger partial charge in [-0.25, -0.2) is 4.98 Å². The summed E-state index contributed by atoms with van der Waals surface area (Å²) in [5, 5.41) is 1.18. The van der Waals surface area contributed by atoms with Crippen molar-refractivity contribution in [3.63, 3.8) is 0 Å². The Labute approximate surface area is 155 Å². The summed E-state index contributed by atoms with van der Waals surface area (Å²) in [7, 11) is 0. The van der Waals surface area contributed by atoms with Gasteiger partial charge in [-0.1, -0.05) is 12.1 Å². The molecule has 3 heterocycles. The van der Waals surface area contributed by atoms with Gasteiger partial charge in [0.2, 0.25) is 11.9 Å². The number of fused-ring (bicyclic) bond motifs is 1. The van der Waals surface area contributed by atoms with Crippen LogP contribution >= 0.6 is 11.3 Å². The molecule has 0 saturated carbocycles. The summed E-state index contributed by atoms with van der Waals surface area (Å²) in [5.41, 5.74) is 12.4. The van der Waals surface area contributed by atoms with Crippen LogP contribution < -0.4 is 11.5 Å². The van der Waals surface area contributed by atoms with Crippen molar-refractivity contribution in [2.45, 2.75) is 19.5 Å². The average Bonchev–Trinajstić information content (AvgIpc) is 3.05. The number of nitrogen functional groups attached to an aromatic ring is 2. The van der Waals surface area contributed by atoms with Crippen molar-refractivity contribution >= 4 is 33.5 Å². The first-order valence-corrected chi connectivity index (χ1v) is 9.48. The molecule has 4 rings (SSSR count). The molecule has 136 valence electrons. The van der Waals surface area contributed by atoms with Crippen LogP contribution in [0.2, 0.25) is 0 Å². The molecule has 9 heteroatoms. The highest BCUT2D eigenvalue weighted by atomic mass is 32.1. The second-order valence-corrected chi connectivity index (χ2v) is 7.54. The van der Waals surface area contributed by atoms with E-state index in [0.29, 0.717) is 18.4 Å². The molecule has 1 aromatic carbocycles. The van der Waals surface area contributed by atoms with Crippen LogP contribution in [-0.4, -0.2) is 55.9 Å². The van der Waals surface area contributed by atoms with Crippen molar-refractivity contribution in [2.75, 3.05) is 37.6 Å². The van der Waals surface area contributed by atoms with E-state index in [1.165, 1.54) is 9.71 Å². The summed E-state index contributed by atoms with van der Waals surface area (Å²) in [6.07, 6.45) is 0. The van der Waals surface area contributed by atoms with Crippen LogP contribution in [0.15, 0.2) is 24.3 Å². The van der Waals surface area contributed by atoms with Gasteiger partial charge < -0.3 is 11.5 Å². The number of piperazine rings is 1. The standard InChI is InChI=1S/C17H22N8S/c1-11(15-20-12-4-2-3-5-13(12)26-15)25-8-6-24(7-9-25)10-14-21-16(18)23-17(19)22-14/h2-5,11H,6-10H2,1H3,(H4,18,19,21,22,23)/t11-/m0/s1. The fourth-order valence-electron chi connectivity index (χ4n) is 3.26. The maximum Gasteiger partial charge on any atom is 0.225 e. The lowest BCUT2D eigenvalue weighted by Gasteiger charge is -2.37. The topological polar surface area (TPSA) is 110 Å². The Bertz CT molecular complexity index is 849. The van der Waals surface area contributed by atoms with Crippen molar-refractivity contribution in [2.24, 2.45) is 0 Å². The molecule has 3 aromatic rings. The maximum atomic E-state index is 5.65. The van der Waals surface area contributed by atoms with Crippen LogP contribution in [0.4, 0.5) is 11.9 Å². The minimum Gasteiger partial charge on any atom is -0.368 e. The Kier molecular flexibility index (Phi) is 4.66. The van der Waals surface area contributed by atoms with Crippen molar-refractivity contribution in [1.29, 1.82) is 0 Å². The zero-order chi connectivity index (χ0) is 18.1. The van der Waals surface area contributed by atoms with Gasteiger partial charge in [-0.05, 0) is 19.1 Å². The molecule has 0 amide bonds. The Morgan fingerprint density at radius 1 is 1.00 bits per heavy atom. The van der Waals surface area contributed by atoms with E-state index in [1.807, 2.05) is 6.07 Å². The molecule has 1 saturated heterocycles. The second-order valence-electron chi connectivity index (χ2n) is 6.48. The lowest BCUT2D eigenvalue weighted by atomic mass is 10.2. The number of nitrogens with zero attached hydrogens (tertiary/aromatic N) is 6. The summed E-state index contributed by atoms with van der Waals surface area (Å²) in [6.45, 7) is 6.72. The van der Waals surface area contributed by atoms with Crippen molar-refractivity contribution in [3.8, 4) is 0 Å². The first-order chi connectivity index (χ1) is 12.6. The van der Waals surface area contributed by atoms with Crippen LogP contribution in [-0.2, 0) is 6.54 Å². The van der Waals surface area contributed by atoms with E-state index < -0.39 is 0 Å². The first-order valence-electron chi connectivity index (χ1n) is 8.66. The van der Waals surface area contributed by atoms with E-state index in [2.05, 4.69) is 49.9 Å². The van der Waals surface area contributed by atoms with Crippen LogP contribution in [0.5, 0.6) is 0 Å². The minimum absolute atomic E-state index is 0.176. The SMILES string of the molecule is C[C@@H](c1nc2ccccc2s1)N1CCN(Cc2nc(N)nc(N)n2)CC1. The van der Waals surface area contributed by atoms with E-state index in [0.717, 1.165) is 31.7 Å². The van der Waals surface area contributed by atoms with E-state index in [1.54, 1.807) is 11.3 Å². The summed E-state index contributed by atoms with van der Waals surface area (Å²) >= 11 is 1.78. The fourth-order valence-corrected chi connectivity index (χ4v) is 4.31. The number of para-hydroxylation sites is 1. The molecule has 26 heavy (non-hydrogen) atoms. The van der Waals surface area contributed by atoms with Crippen LogP contribution in [0.1, 0.15) is 23.8 Å². The number of thiazole rings is 1. The molecule has 8 nitrogen and oxygen atoms in total. The Morgan fingerprint density at radius 2 is 1.69 bits per heavy atom. The zero-order valence-corrected chi connectivity index (χ0v) is 15.5. The Hall–Kier alpha value is -2.36. The molecular formula is C17H22N8S. The smallest absolute Gasteiger partial charge is 0.225 e.